The van der Waals surface area contributed by atoms with Crippen molar-refractivity contribution in [1.82, 2.24) is 5.48 Å². The Morgan fingerprint density at radius 2 is 1.75 bits per heavy atom. The number of rotatable bonds is 6. The van der Waals surface area contributed by atoms with E-state index in [4.69, 9.17) is 9.57 Å². The van der Waals surface area contributed by atoms with E-state index in [1.165, 1.54) is 14.2 Å². The van der Waals surface area contributed by atoms with Crippen molar-refractivity contribution in [3.05, 3.63) is 34.9 Å². The molecule has 0 aliphatic carbocycles. The zero-order valence-corrected chi connectivity index (χ0v) is 12.1. The first kappa shape index (κ1) is 16.1. The highest BCUT2D eigenvalue weighted by Gasteiger charge is 2.21. The molecule has 1 atom stereocenters. The fourth-order valence-corrected chi connectivity index (χ4v) is 1.72. The van der Waals surface area contributed by atoms with Gasteiger partial charge in [0, 0.05) is 12.7 Å². The number of nitrogens with one attached hydrogen (secondary N) is 1. The van der Waals surface area contributed by atoms with Gasteiger partial charge >= 0.3 is 5.97 Å². The molecule has 0 fully saturated rings. The minimum absolute atomic E-state index is 0.0141. The minimum Gasteiger partial charge on any atom is -0.467 e. The highest BCUT2D eigenvalue weighted by Crippen LogP contribution is 2.09. The first-order valence-corrected chi connectivity index (χ1v) is 6.09. The molecule has 0 aromatic heterocycles. The molecule has 1 aromatic rings. The summed E-state index contributed by atoms with van der Waals surface area (Å²) in [6, 6.07) is 5.42. The molecule has 0 saturated heterocycles. The van der Waals surface area contributed by atoms with Crippen LogP contribution >= 0.6 is 0 Å². The molecule has 0 aliphatic heterocycles. The number of esters is 1. The summed E-state index contributed by atoms with van der Waals surface area (Å²) in [7, 11) is 2.66. The third-order valence-electron chi connectivity index (χ3n) is 2.56. The lowest BCUT2D eigenvalue weighted by molar-refractivity contribution is -0.161. The van der Waals surface area contributed by atoms with Gasteiger partial charge in [0.25, 0.3) is 5.91 Å². The van der Waals surface area contributed by atoms with Crippen molar-refractivity contribution in [2.75, 3.05) is 20.8 Å². The number of hydrogen-bond donors (Lipinski definition) is 1. The van der Waals surface area contributed by atoms with E-state index in [-0.39, 0.29) is 6.61 Å². The first-order chi connectivity index (χ1) is 9.47. The van der Waals surface area contributed by atoms with Crippen LogP contribution in [-0.2, 0) is 19.1 Å². The van der Waals surface area contributed by atoms with E-state index in [0.29, 0.717) is 5.56 Å². The van der Waals surface area contributed by atoms with Crippen LogP contribution in [0.1, 0.15) is 21.5 Å². The Labute approximate surface area is 118 Å². The topological polar surface area (TPSA) is 73.9 Å². The lowest BCUT2D eigenvalue weighted by Crippen LogP contribution is -2.38. The predicted octanol–water partition coefficient (Wildman–Crippen LogP) is 1.15. The third kappa shape index (κ3) is 4.64. The molecular weight excluding hydrogens is 262 g/mol. The molecule has 0 radical (unpaired) electrons. The standard InChI is InChI=1S/C14H19NO5/c1-9-5-10(2)7-11(6-9)13(16)15-20-12(8-18-3)14(17)19-4/h5-7,12H,8H2,1-4H3,(H,15,16). The van der Waals surface area contributed by atoms with Crippen LogP contribution in [-0.4, -0.2) is 38.8 Å². The van der Waals surface area contributed by atoms with Crippen molar-refractivity contribution in [2.24, 2.45) is 0 Å². The van der Waals surface area contributed by atoms with Crippen LogP contribution < -0.4 is 5.48 Å². The Morgan fingerprint density at radius 1 is 1.15 bits per heavy atom. The molecule has 1 N–H and O–H groups in total. The second kappa shape index (κ2) is 7.62. The maximum atomic E-state index is 11.9. The van der Waals surface area contributed by atoms with Crippen LogP contribution in [0.3, 0.4) is 0 Å². The van der Waals surface area contributed by atoms with E-state index in [0.717, 1.165) is 11.1 Å². The number of carbonyl (C=O) groups is 2. The van der Waals surface area contributed by atoms with Gasteiger partial charge in [-0.2, -0.15) is 0 Å². The van der Waals surface area contributed by atoms with Gasteiger partial charge in [0.1, 0.15) is 0 Å². The number of aryl methyl sites for hydroxylation is 2. The molecule has 0 heterocycles. The fourth-order valence-electron chi connectivity index (χ4n) is 1.72. The molecule has 1 rings (SSSR count). The number of hydrogen-bond acceptors (Lipinski definition) is 5. The highest BCUT2D eigenvalue weighted by molar-refractivity contribution is 5.94. The smallest absolute Gasteiger partial charge is 0.340 e. The summed E-state index contributed by atoms with van der Waals surface area (Å²) in [6.07, 6.45) is -1.00. The zero-order chi connectivity index (χ0) is 15.1. The molecule has 1 amide bonds. The van der Waals surface area contributed by atoms with Crippen LogP contribution in [0.25, 0.3) is 0 Å². The van der Waals surface area contributed by atoms with Gasteiger partial charge in [0.05, 0.1) is 13.7 Å². The van der Waals surface area contributed by atoms with Crippen molar-refractivity contribution in [1.29, 1.82) is 0 Å². The maximum absolute atomic E-state index is 11.9. The molecule has 6 heteroatoms. The van der Waals surface area contributed by atoms with E-state index in [1.807, 2.05) is 19.9 Å². The Kier molecular flexibility index (Phi) is 6.14. The number of methoxy groups -OCH3 is 2. The summed E-state index contributed by atoms with van der Waals surface area (Å²) in [5.74, 6) is -1.05. The van der Waals surface area contributed by atoms with Crippen molar-refractivity contribution in [3.8, 4) is 0 Å². The van der Waals surface area contributed by atoms with Gasteiger partial charge in [-0.1, -0.05) is 17.2 Å². The summed E-state index contributed by atoms with van der Waals surface area (Å²) < 4.78 is 9.37. The SMILES string of the molecule is COCC(ONC(=O)c1cc(C)cc(C)c1)C(=O)OC. The summed E-state index contributed by atoms with van der Waals surface area (Å²) in [5, 5.41) is 0. The van der Waals surface area contributed by atoms with Crippen LogP contribution in [0, 0.1) is 13.8 Å². The van der Waals surface area contributed by atoms with Gasteiger partial charge < -0.3 is 9.47 Å². The van der Waals surface area contributed by atoms with Gasteiger partial charge in [-0.15, -0.1) is 0 Å². The van der Waals surface area contributed by atoms with Crippen LogP contribution in [0.5, 0.6) is 0 Å². The lowest BCUT2D eigenvalue weighted by Gasteiger charge is -2.14. The summed E-state index contributed by atoms with van der Waals surface area (Å²) in [6.45, 7) is 3.78. The van der Waals surface area contributed by atoms with Crippen LogP contribution in [0.2, 0.25) is 0 Å². The van der Waals surface area contributed by atoms with Crippen molar-refractivity contribution in [3.63, 3.8) is 0 Å². The predicted molar refractivity (Wildman–Crippen MR) is 72.1 cm³/mol. The first-order valence-electron chi connectivity index (χ1n) is 6.09. The van der Waals surface area contributed by atoms with Crippen molar-refractivity contribution in [2.45, 2.75) is 20.0 Å². The van der Waals surface area contributed by atoms with Crippen LogP contribution in [0.4, 0.5) is 0 Å². The highest BCUT2D eigenvalue weighted by atomic mass is 16.7. The maximum Gasteiger partial charge on any atom is 0.340 e. The average Bonchev–Trinajstić information content (AvgIpc) is 2.41. The molecule has 0 spiro atoms. The van der Waals surface area contributed by atoms with Gasteiger partial charge in [-0.25, -0.2) is 10.3 Å². The van der Waals surface area contributed by atoms with E-state index in [2.05, 4.69) is 10.2 Å². The number of amides is 1. The van der Waals surface area contributed by atoms with Gasteiger partial charge in [0.2, 0.25) is 6.10 Å². The second-order valence-electron chi connectivity index (χ2n) is 4.39. The Balaban J connectivity index is 2.67. The zero-order valence-electron chi connectivity index (χ0n) is 12.1. The van der Waals surface area contributed by atoms with Gasteiger partial charge in [0.15, 0.2) is 0 Å². The molecule has 0 bridgehead atoms. The van der Waals surface area contributed by atoms with E-state index < -0.39 is 18.0 Å². The van der Waals surface area contributed by atoms with E-state index in [9.17, 15) is 9.59 Å². The molecule has 0 saturated carbocycles. The largest absolute Gasteiger partial charge is 0.467 e. The quantitative estimate of drug-likeness (QED) is 0.625. The van der Waals surface area contributed by atoms with Gasteiger partial charge in [-0.05, 0) is 26.0 Å². The van der Waals surface area contributed by atoms with Gasteiger partial charge in [-0.3, -0.25) is 9.63 Å². The van der Waals surface area contributed by atoms with E-state index >= 15 is 0 Å². The number of benzene rings is 1. The second-order valence-corrected chi connectivity index (χ2v) is 4.39. The van der Waals surface area contributed by atoms with Crippen molar-refractivity contribution >= 4 is 11.9 Å². The summed E-state index contributed by atoms with van der Waals surface area (Å²) in [5.41, 5.74) is 4.63. The summed E-state index contributed by atoms with van der Waals surface area (Å²) >= 11 is 0. The third-order valence-corrected chi connectivity index (χ3v) is 2.56. The lowest BCUT2D eigenvalue weighted by atomic mass is 10.1. The van der Waals surface area contributed by atoms with E-state index in [1.54, 1.807) is 12.1 Å². The Bertz CT molecular complexity index is 466. The number of ether oxygens (including phenoxy) is 2. The number of hydroxylamine groups is 1. The molecule has 1 unspecified atom stereocenters. The molecular formula is C14H19NO5. The normalized spacial score (nSPS) is 11.8. The monoisotopic (exact) mass is 281 g/mol. The Hall–Kier alpha value is -1.92. The fraction of sp³-hybridized carbons (Fsp3) is 0.429. The molecule has 20 heavy (non-hydrogen) atoms. The number of carbonyl (C=O) groups excluding carboxylic acids is 2. The molecule has 1 aromatic carbocycles. The van der Waals surface area contributed by atoms with Crippen molar-refractivity contribution < 1.29 is 23.9 Å². The molecule has 0 aliphatic rings. The minimum atomic E-state index is -1.00. The molecule has 110 valence electrons. The Morgan fingerprint density at radius 3 is 2.25 bits per heavy atom. The summed E-state index contributed by atoms with van der Waals surface area (Å²) in [4.78, 5) is 28.4. The average molecular weight is 281 g/mol. The molecule has 6 nitrogen and oxygen atoms in total. The van der Waals surface area contributed by atoms with Crippen LogP contribution in [0.15, 0.2) is 18.2 Å².